The van der Waals surface area contributed by atoms with Crippen molar-refractivity contribution in [3.05, 3.63) is 113 Å². The Morgan fingerprint density at radius 2 is 1.45 bits per heavy atom. The summed E-state index contributed by atoms with van der Waals surface area (Å²) in [7, 11) is 1.40. The van der Waals surface area contributed by atoms with Gasteiger partial charge in [-0.25, -0.2) is 14.4 Å². The van der Waals surface area contributed by atoms with Gasteiger partial charge in [0.05, 0.1) is 17.7 Å². The van der Waals surface area contributed by atoms with Gasteiger partial charge >= 0.3 is 17.6 Å². The topological polar surface area (TPSA) is 134 Å². The fourth-order valence-corrected chi connectivity index (χ4v) is 4.56. The number of hydrogen-bond donors (Lipinski definition) is 2. The number of esters is 2. The van der Waals surface area contributed by atoms with Crippen LogP contribution < -0.4 is 10.9 Å². The maximum Gasteiger partial charge on any atom is 0.338 e. The van der Waals surface area contributed by atoms with Crippen LogP contribution in [0.5, 0.6) is 0 Å². The van der Waals surface area contributed by atoms with Crippen molar-refractivity contribution in [2.75, 3.05) is 19.0 Å². The van der Waals surface area contributed by atoms with Gasteiger partial charge in [0.15, 0.2) is 18.5 Å². The minimum atomic E-state index is -1.22. The zero-order valence-corrected chi connectivity index (χ0v) is 21.5. The third-order valence-electron chi connectivity index (χ3n) is 6.52. The number of methoxy groups -OCH3 is 1. The lowest BCUT2D eigenvalue weighted by Crippen LogP contribution is -2.64. The number of aliphatic hydroxyl groups excluding tert-OH is 1. The first-order valence-corrected chi connectivity index (χ1v) is 12.6. The molecule has 1 aromatic heterocycles. The number of nitrogens with one attached hydrogen (secondary N) is 1. The van der Waals surface area contributed by atoms with Crippen LogP contribution in [0.1, 0.15) is 20.7 Å². The van der Waals surface area contributed by atoms with E-state index in [1.807, 2.05) is 0 Å². The van der Waals surface area contributed by atoms with Crippen LogP contribution in [0.15, 0.2) is 100 Å². The van der Waals surface area contributed by atoms with Gasteiger partial charge in [0.2, 0.25) is 0 Å². The van der Waals surface area contributed by atoms with Gasteiger partial charge in [-0.05, 0) is 42.5 Å². The predicted octanol–water partition coefficient (Wildman–Crippen LogP) is 3.39. The molecule has 5 rings (SSSR count). The third-order valence-corrected chi connectivity index (χ3v) is 6.52. The first-order valence-electron chi connectivity index (χ1n) is 12.6. The van der Waals surface area contributed by atoms with E-state index in [2.05, 4.69) is 5.32 Å². The Bertz CT molecular complexity index is 1520. The molecule has 10 nitrogen and oxygen atoms in total. The van der Waals surface area contributed by atoms with E-state index >= 15 is 0 Å². The number of benzene rings is 3. The predicted molar refractivity (Wildman–Crippen MR) is 144 cm³/mol. The van der Waals surface area contributed by atoms with E-state index in [0.717, 1.165) is 0 Å². The molecule has 10 heteroatoms. The molecule has 3 unspecified atom stereocenters. The first kappa shape index (κ1) is 27.1. The average Bonchev–Trinajstić information content (AvgIpc) is 2.99. The number of aliphatic hydroxyl groups is 1. The van der Waals surface area contributed by atoms with Gasteiger partial charge in [-0.15, -0.1) is 0 Å². The van der Waals surface area contributed by atoms with Crippen LogP contribution in [-0.4, -0.2) is 61.4 Å². The number of anilines is 1. The van der Waals surface area contributed by atoms with E-state index in [1.165, 1.54) is 13.2 Å². The lowest BCUT2D eigenvalue weighted by molar-refractivity contribution is -0.253. The van der Waals surface area contributed by atoms with E-state index in [-0.39, 0.29) is 11.1 Å². The summed E-state index contributed by atoms with van der Waals surface area (Å²) in [6, 6.07) is 23.8. The van der Waals surface area contributed by atoms with Crippen LogP contribution in [0.2, 0.25) is 0 Å². The van der Waals surface area contributed by atoms with Gasteiger partial charge in [0.25, 0.3) is 0 Å². The van der Waals surface area contributed by atoms with Gasteiger partial charge in [-0.1, -0.05) is 36.4 Å². The highest BCUT2D eigenvalue weighted by Gasteiger charge is 2.50. The Morgan fingerprint density at radius 1 is 0.850 bits per heavy atom. The molecule has 3 aromatic carbocycles. The normalized spacial score (nSPS) is 22.4. The second-order valence-electron chi connectivity index (χ2n) is 9.11. The second-order valence-corrected chi connectivity index (χ2v) is 9.11. The summed E-state index contributed by atoms with van der Waals surface area (Å²) in [5.41, 5.74) is 0.877. The van der Waals surface area contributed by atoms with E-state index < -0.39 is 54.8 Å². The Morgan fingerprint density at radius 3 is 2.05 bits per heavy atom. The molecule has 0 aliphatic carbocycles. The fourth-order valence-electron chi connectivity index (χ4n) is 4.56. The van der Waals surface area contributed by atoms with Gasteiger partial charge < -0.3 is 33.8 Å². The second kappa shape index (κ2) is 12.1. The molecule has 4 aromatic rings. The van der Waals surface area contributed by atoms with Gasteiger partial charge in [-0.3, -0.25) is 0 Å². The molecule has 0 radical (unpaired) electrons. The van der Waals surface area contributed by atoms with Crippen LogP contribution >= 0.6 is 0 Å². The summed E-state index contributed by atoms with van der Waals surface area (Å²) >= 11 is 0. The number of carbonyl (C=O) groups excluding carboxylic acids is 2. The third kappa shape index (κ3) is 5.89. The van der Waals surface area contributed by atoms with Crippen LogP contribution in [0.25, 0.3) is 11.0 Å². The van der Waals surface area contributed by atoms with Crippen molar-refractivity contribution >= 4 is 28.6 Å². The molecule has 1 fully saturated rings. The first-order chi connectivity index (χ1) is 19.5. The molecule has 1 saturated heterocycles. The minimum absolute atomic E-state index is 0.273. The van der Waals surface area contributed by atoms with Gasteiger partial charge in [0.1, 0.15) is 17.7 Å². The monoisotopic (exact) mass is 545 g/mol. The van der Waals surface area contributed by atoms with Crippen LogP contribution in [0.3, 0.4) is 0 Å². The standard InChI is InChI=1S/C30H27NO9/c1-36-30-25(31-21-14-12-18-13-15-24(33)37-22(18)16-21)27(40-29(35)20-10-6-3-7-11-20)26(23(17-32)38-30)39-28(34)19-8-4-2-5-9-19/h2-16,23,25-27,30-32H,17H2,1H3/t23?,25?,26-,27?,30+/m1/s1. The van der Waals surface area contributed by atoms with E-state index in [1.54, 1.807) is 84.9 Å². The summed E-state index contributed by atoms with van der Waals surface area (Å²) < 4.78 is 28.6. The summed E-state index contributed by atoms with van der Waals surface area (Å²) in [4.78, 5) is 38.1. The molecule has 0 bridgehead atoms. The van der Waals surface area contributed by atoms with Crippen molar-refractivity contribution in [2.45, 2.75) is 30.6 Å². The lowest BCUT2D eigenvalue weighted by Gasteiger charge is -2.45. The quantitative estimate of drug-likeness (QED) is 0.251. The molecule has 1 aliphatic heterocycles. The van der Waals surface area contributed by atoms with Crippen LogP contribution in [0, 0.1) is 0 Å². The maximum atomic E-state index is 13.2. The lowest BCUT2D eigenvalue weighted by atomic mass is 9.95. The average molecular weight is 546 g/mol. The van der Waals surface area contributed by atoms with Crippen molar-refractivity contribution in [1.82, 2.24) is 0 Å². The summed E-state index contributed by atoms with van der Waals surface area (Å²) in [5.74, 6) is -1.35. The SMILES string of the molecule is CO[C@H]1OC(CO)[C@@H](OC(=O)c2ccccc2)C(OC(=O)c2ccccc2)C1Nc1ccc2ccc(=O)oc2c1. The Balaban J connectivity index is 1.52. The summed E-state index contributed by atoms with van der Waals surface area (Å²) in [5, 5.41) is 14.1. The molecule has 206 valence electrons. The minimum Gasteiger partial charge on any atom is -0.452 e. The molecule has 0 spiro atoms. The van der Waals surface area contributed by atoms with E-state index in [0.29, 0.717) is 16.7 Å². The zero-order chi connectivity index (χ0) is 28.1. The van der Waals surface area contributed by atoms with Crippen molar-refractivity contribution in [3.8, 4) is 0 Å². The molecule has 2 N–H and O–H groups in total. The van der Waals surface area contributed by atoms with Crippen molar-refractivity contribution in [3.63, 3.8) is 0 Å². The van der Waals surface area contributed by atoms with Gasteiger partial charge in [-0.2, -0.15) is 0 Å². The molecular formula is C30H27NO9. The number of hydrogen-bond acceptors (Lipinski definition) is 10. The zero-order valence-electron chi connectivity index (χ0n) is 21.5. The summed E-state index contributed by atoms with van der Waals surface area (Å²) in [6.45, 7) is -0.542. The van der Waals surface area contributed by atoms with Crippen LogP contribution in [0.4, 0.5) is 5.69 Å². The Labute approximate surface area is 229 Å². The molecule has 0 amide bonds. The van der Waals surface area contributed by atoms with E-state index in [9.17, 15) is 19.5 Å². The molecule has 2 heterocycles. The molecule has 0 saturated carbocycles. The number of carbonyl (C=O) groups is 2. The number of rotatable bonds is 8. The fraction of sp³-hybridized carbons (Fsp3) is 0.233. The maximum absolute atomic E-state index is 13.2. The van der Waals surface area contributed by atoms with E-state index in [4.69, 9.17) is 23.4 Å². The highest BCUT2D eigenvalue weighted by atomic mass is 16.7. The van der Waals surface area contributed by atoms with Crippen molar-refractivity contribution in [2.24, 2.45) is 0 Å². The van der Waals surface area contributed by atoms with Crippen molar-refractivity contribution in [1.29, 1.82) is 0 Å². The molecular weight excluding hydrogens is 518 g/mol. The molecule has 5 atom stereocenters. The highest BCUT2D eigenvalue weighted by molar-refractivity contribution is 5.90. The number of fused-ring (bicyclic) bond motifs is 1. The van der Waals surface area contributed by atoms with Crippen molar-refractivity contribution < 1.29 is 38.1 Å². The molecule has 1 aliphatic rings. The van der Waals surface area contributed by atoms with Crippen LogP contribution in [-0.2, 0) is 18.9 Å². The summed E-state index contributed by atoms with van der Waals surface area (Å²) in [6.07, 6.45) is -4.49. The highest BCUT2D eigenvalue weighted by Crippen LogP contribution is 2.31. The molecule has 40 heavy (non-hydrogen) atoms. The largest absolute Gasteiger partial charge is 0.452 e. The van der Waals surface area contributed by atoms with Gasteiger partial charge in [0, 0.05) is 30.3 Å². The smallest absolute Gasteiger partial charge is 0.338 e. The Kier molecular flexibility index (Phi) is 8.20. The Hall–Kier alpha value is -4.51. The number of ether oxygens (including phenoxy) is 4.